The lowest BCUT2D eigenvalue weighted by Crippen LogP contribution is -2.44. The second-order valence-corrected chi connectivity index (χ2v) is 5.80. The Morgan fingerprint density at radius 3 is 1.94 bits per heavy atom. The standard InChI is InChI=1S/C13H24N2O2/c1-7(2)10-11(14-17)13(16)15(9(5)6)12(10)8(3)4/h7-10,12,17H,1-6H3/b14-11-. The summed E-state index contributed by atoms with van der Waals surface area (Å²) in [5, 5.41) is 12.4. The van der Waals surface area contributed by atoms with Crippen molar-refractivity contribution in [2.75, 3.05) is 0 Å². The van der Waals surface area contributed by atoms with Crippen LogP contribution in [0.5, 0.6) is 0 Å². The van der Waals surface area contributed by atoms with Crippen molar-refractivity contribution in [1.29, 1.82) is 0 Å². The molecule has 1 aliphatic heterocycles. The van der Waals surface area contributed by atoms with E-state index in [4.69, 9.17) is 5.21 Å². The highest BCUT2D eigenvalue weighted by atomic mass is 16.4. The highest BCUT2D eigenvalue weighted by Gasteiger charge is 2.49. The first kappa shape index (κ1) is 14.0. The van der Waals surface area contributed by atoms with Gasteiger partial charge in [-0.3, -0.25) is 4.79 Å². The van der Waals surface area contributed by atoms with E-state index in [0.29, 0.717) is 17.5 Å². The van der Waals surface area contributed by atoms with Gasteiger partial charge in [-0.25, -0.2) is 0 Å². The molecule has 0 aromatic rings. The van der Waals surface area contributed by atoms with E-state index in [2.05, 4.69) is 32.9 Å². The normalized spacial score (nSPS) is 28.2. The molecule has 1 rings (SSSR count). The minimum atomic E-state index is -0.111. The lowest BCUT2D eigenvalue weighted by molar-refractivity contribution is -0.126. The monoisotopic (exact) mass is 240 g/mol. The molecule has 1 N–H and O–H groups in total. The Hall–Kier alpha value is -1.06. The van der Waals surface area contributed by atoms with Crippen LogP contribution in [0.2, 0.25) is 0 Å². The molecule has 1 saturated heterocycles. The first-order valence-electron chi connectivity index (χ1n) is 6.37. The van der Waals surface area contributed by atoms with Crippen LogP contribution in [0.4, 0.5) is 0 Å². The Balaban J connectivity index is 3.23. The maximum Gasteiger partial charge on any atom is 0.272 e. The Morgan fingerprint density at radius 2 is 1.65 bits per heavy atom. The average molecular weight is 240 g/mol. The van der Waals surface area contributed by atoms with E-state index in [9.17, 15) is 4.79 Å². The average Bonchev–Trinajstić information content (AvgIpc) is 2.50. The summed E-state index contributed by atoms with van der Waals surface area (Å²) < 4.78 is 0. The highest BCUT2D eigenvalue weighted by molar-refractivity contribution is 6.41. The molecule has 0 aromatic heterocycles. The number of oxime groups is 1. The number of amides is 1. The fourth-order valence-corrected chi connectivity index (χ4v) is 2.88. The van der Waals surface area contributed by atoms with Gasteiger partial charge in [0.15, 0.2) is 0 Å². The quantitative estimate of drug-likeness (QED) is 0.608. The third-order valence-corrected chi connectivity index (χ3v) is 3.52. The van der Waals surface area contributed by atoms with E-state index in [1.165, 1.54) is 0 Å². The van der Waals surface area contributed by atoms with E-state index < -0.39 is 0 Å². The zero-order valence-corrected chi connectivity index (χ0v) is 11.6. The van der Waals surface area contributed by atoms with E-state index >= 15 is 0 Å². The van der Waals surface area contributed by atoms with E-state index in [0.717, 1.165) is 0 Å². The summed E-state index contributed by atoms with van der Waals surface area (Å²) in [6.45, 7) is 12.4. The van der Waals surface area contributed by atoms with Crippen LogP contribution in [0.15, 0.2) is 5.16 Å². The predicted octanol–water partition coefficient (Wildman–Crippen LogP) is 2.36. The molecule has 0 spiro atoms. The predicted molar refractivity (Wildman–Crippen MR) is 68.2 cm³/mol. The maximum absolute atomic E-state index is 12.2. The molecule has 1 heterocycles. The Bertz CT molecular complexity index is 321. The van der Waals surface area contributed by atoms with Crippen LogP contribution in [-0.2, 0) is 4.79 Å². The van der Waals surface area contributed by atoms with Crippen molar-refractivity contribution in [3.63, 3.8) is 0 Å². The van der Waals surface area contributed by atoms with Gasteiger partial charge in [0.25, 0.3) is 5.91 Å². The molecule has 0 radical (unpaired) electrons. The van der Waals surface area contributed by atoms with Crippen molar-refractivity contribution in [3.8, 4) is 0 Å². The van der Waals surface area contributed by atoms with Gasteiger partial charge in [0.2, 0.25) is 0 Å². The lowest BCUT2D eigenvalue weighted by atomic mass is 9.82. The lowest BCUT2D eigenvalue weighted by Gasteiger charge is -2.34. The number of hydrogen-bond acceptors (Lipinski definition) is 3. The molecule has 2 atom stereocenters. The molecule has 0 bridgehead atoms. The number of rotatable bonds is 3. The largest absolute Gasteiger partial charge is 0.410 e. The fourth-order valence-electron chi connectivity index (χ4n) is 2.88. The molecule has 1 fully saturated rings. The fraction of sp³-hybridized carbons (Fsp3) is 0.846. The number of likely N-dealkylation sites (tertiary alicyclic amines) is 1. The molecule has 98 valence electrons. The SMILES string of the molecule is CC(C)C1/C(=N/O)C(=O)N(C(C)C)C1C(C)C. The van der Waals surface area contributed by atoms with Crippen LogP contribution in [0.1, 0.15) is 41.5 Å². The summed E-state index contributed by atoms with van der Waals surface area (Å²) in [7, 11) is 0. The summed E-state index contributed by atoms with van der Waals surface area (Å²) >= 11 is 0. The Labute approximate surface area is 104 Å². The second-order valence-electron chi connectivity index (χ2n) is 5.80. The third kappa shape index (κ3) is 2.31. The zero-order chi connectivity index (χ0) is 13.3. The summed E-state index contributed by atoms with van der Waals surface area (Å²) in [4.78, 5) is 14.1. The smallest absolute Gasteiger partial charge is 0.272 e. The van der Waals surface area contributed by atoms with Crippen molar-refractivity contribution in [2.45, 2.75) is 53.6 Å². The minimum absolute atomic E-state index is 0.0231. The summed E-state index contributed by atoms with van der Waals surface area (Å²) in [6.07, 6.45) is 0. The molecule has 0 aliphatic carbocycles. The molecule has 0 saturated carbocycles. The first-order valence-corrected chi connectivity index (χ1v) is 6.37. The van der Waals surface area contributed by atoms with Crippen molar-refractivity contribution in [1.82, 2.24) is 4.90 Å². The Morgan fingerprint density at radius 1 is 1.12 bits per heavy atom. The molecule has 0 aromatic carbocycles. The summed E-state index contributed by atoms with van der Waals surface area (Å²) in [5.41, 5.74) is 0.326. The Kier molecular flexibility index (Phi) is 4.17. The number of nitrogens with zero attached hydrogens (tertiary/aromatic N) is 2. The first-order chi connectivity index (χ1) is 7.82. The van der Waals surface area contributed by atoms with Crippen molar-refractivity contribution in [2.24, 2.45) is 22.9 Å². The molecular formula is C13H24N2O2. The van der Waals surface area contributed by atoms with Gasteiger partial charge in [-0.05, 0) is 25.7 Å². The topological polar surface area (TPSA) is 52.9 Å². The number of hydrogen-bond donors (Lipinski definition) is 1. The zero-order valence-electron chi connectivity index (χ0n) is 11.6. The van der Waals surface area contributed by atoms with Gasteiger partial charge >= 0.3 is 0 Å². The van der Waals surface area contributed by atoms with Gasteiger partial charge in [-0.1, -0.05) is 32.9 Å². The summed E-state index contributed by atoms with van der Waals surface area (Å²) in [6, 6.07) is 0.267. The molecule has 1 aliphatic rings. The van der Waals surface area contributed by atoms with Gasteiger partial charge in [0, 0.05) is 18.0 Å². The number of carbonyl (C=O) groups is 1. The van der Waals surface area contributed by atoms with Crippen LogP contribution in [0, 0.1) is 17.8 Å². The van der Waals surface area contributed by atoms with Gasteiger partial charge in [0.05, 0.1) is 0 Å². The third-order valence-electron chi connectivity index (χ3n) is 3.52. The van der Waals surface area contributed by atoms with Gasteiger partial charge in [-0.15, -0.1) is 0 Å². The van der Waals surface area contributed by atoms with Crippen LogP contribution in [0.25, 0.3) is 0 Å². The summed E-state index contributed by atoms with van der Waals surface area (Å²) in [5.74, 6) is 0.559. The second kappa shape index (κ2) is 5.07. The van der Waals surface area contributed by atoms with Crippen LogP contribution < -0.4 is 0 Å². The van der Waals surface area contributed by atoms with Gasteiger partial charge < -0.3 is 10.1 Å². The molecule has 4 nitrogen and oxygen atoms in total. The molecule has 1 amide bonds. The van der Waals surface area contributed by atoms with Gasteiger partial charge in [-0.2, -0.15) is 0 Å². The van der Waals surface area contributed by atoms with E-state index in [-0.39, 0.29) is 23.9 Å². The van der Waals surface area contributed by atoms with Crippen LogP contribution in [-0.4, -0.2) is 33.8 Å². The van der Waals surface area contributed by atoms with Crippen molar-refractivity contribution >= 4 is 11.6 Å². The molecule has 17 heavy (non-hydrogen) atoms. The van der Waals surface area contributed by atoms with E-state index in [1.807, 2.05) is 18.7 Å². The van der Waals surface area contributed by atoms with Crippen molar-refractivity contribution < 1.29 is 10.0 Å². The minimum Gasteiger partial charge on any atom is -0.410 e. The highest BCUT2D eigenvalue weighted by Crippen LogP contribution is 2.35. The van der Waals surface area contributed by atoms with E-state index in [1.54, 1.807) is 0 Å². The van der Waals surface area contributed by atoms with Crippen LogP contribution in [0.3, 0.4) is 0 Å². The molecular weight excluding hydrogens is 216 g/mol. The van der Waals surface area contributed by atoms with Gasteiger partial charge in [0.1, 0.15) is 5.71 Å². The van der Waals surface area contributed by atoms with Crippen LogP contribution >= 0.6 is 0 Å². The molecule has 2 unspecified atom stereocenters. The number of carbonyl (C=O) groups excluding carboxylic acids is 1. The molecule has 4 heteroatoms. The maximum atomic E-state index is 12.2. The van der Waals surface area contributed by atoms with Crippen molar-refractivity contribution in [3.05, 3.63) is 0 Å².